The molecule has 12 heteroatoms. The van der Waals surface area contributed by atoms with Gasteiger partial charge in [-0.3, -0.25) is 29.7 Å². The Morgan fingerprint density at radius 3 is 2.32 bits per heavy atom. The summed E-state index contributed by atoms with van der Waals surface area (Å²) >= 11 is 0. The van der Waals surface area contributed by atoms with E-state index in [2.05, 4.69) is 10.4 Å². The van der Waals surface area contributed by atoms with Crippen LogP contribution in [0.3, 0.4) is 0 Å². The van der Waals surface area contributed by atoms with Crippen LogP contribution in [0.5, 0.6) is 17.2 Å². The van der Waals surface area contributed by atoms with Crippen LogP contribution in [0.2, 0.25) is 0 Å². The molecule has 0 spiro atoms. The van der Waals surface area contributed by atoms with Gasteiger partial charge in [-0.2, -0.15) is 5.10 Å². The third-order valence-electron chi connectivity index (χ3n) is 4.13. The standard InChI is InChI=1S/C19H17N5O7/c1-3-22-11-17(24(28)29)18(21-22)19(25)20-12-8-13(23(26)27)10-16(9-12)31-15-6-4-14(30-2)5-7-15/h4-11H,3H2,1-2H3,(H,20,25). The van der Waals surface area contributed by atoms with Crippen molar-refractivity contribution in [1.82, 2.24) is 9.78 Å². The van der Waals surface area contributed by atoms with E-state index in [9.17, 15) is 25.0 Å². The Bertz CT molecular complexity index is 1140. The van der Waals surface area contributed by atoms with Crippen molar-refractivity contribution >= 4 is 23.0 Å². The highest BCUT2D eigenvalue weighted by atomic mass is 16.6. The Balaban J connectivity index is 1.90. The van der Waals surface area contributed by atoms with Gasteiger partial charge >= 0.3 is 5.69 Å². The van der Waals surface area contributed by atoms with Crippen LogP contribution in [0.25, 0.3) is 0 Å². The number of nitrogens with one attached hydrogen (secondary N) is 1. The number of amides is 1. The Morgan fingerprint density at radius 1 is 1.06 bits per heavy atom. The molecule has 0 radical (unpaired) electrons. The summed E-state index contributed by atoms with van der Waals surface area (Å²) in [6, 6.07) is 10.2. The van der Waals surface area contributed by atoms with E-state index in [0.717, 1.165) is 12.3 Å². The van der Waals surface area contributed by atoms with Crippen molar-refractivity contribution in [2.24, 2.45) is 0 Å². The number of hydrogen-bond donors (Lipinski definition) is 1. The van der Waals surface area contributed by atoms with Gasteiger partial charge in [-0.05, 0) is 31.2 Å². The monoisotopic (exact) mass is 427 g/mol. The van der Waals surface area contributed by atoms with E-state index < -0.39 is 27.1 Å². The molecule has 160 valence electrons. The zero-order chi connectivity index (χ0) is 22.5. The first-order valence-corrected chi connectivity index (χ1v) is 8.95. The second-order valence-corrected chi connectivity index (χ2v) is 6.18. The number of ether oxygens (including phenoxy) is 2. The van der Waals surface area contributed by atoms with Gasteiger partial charge in [0.05, 0.1) is 28.7 Å². The summed E-state index contributed by atoms with van der Waals surface area (Å²) in [5.41, 5.74) is -1.20. The van der Waals surface area contributed by atoms with E-state index >= 15 is 0 Å². The van der Waals surface area contributed by atoms with Crippen molar-refractivity contribution in [3.8, 4) is 17.2 Å². The van der Waals surface area contributed by atoms with Crippen LogP contribution >= 0.6 is 0 Å². The number of nitro groups is 2. The van der Waals surface area contributed by atoms with Gasteiger partial charge in [0, 0.05) is 18.7 Å². The number of aromatic nitrogens is 2. The lowest BCUT2D eigenvalue weighted by Gasteiger charge is -2.09. The van der Waals surface area contributed by atoms with Crippen LogP contribution in [0, 0.1) is 20.2 Å². The van der Waals surface area contributed by atoms with Crippen molar-refractivity contribution in [1.29, 1.82) is 0 Å². The summed E-state index contributed by atoms with van der Waals surface area (Å²) in [5.74, 6) is 0.196. The summed E-state index contributed by atoms with van der Waals surface area (Å²) in [6.07, 6.45) is 1.14. The van der Waals surface area contributed by atoms with E-state index in [1.807, 2.05) is 0 Å². The first-order valence-electron chi connectivity index (χ1n) is 8.95. The van der Waals surface area contributed by atoms with Crippen molar-refractivity contribution in [2.75, 3.05) is 12.4 Å². The summed E-state index contributed by atoms with van der Waals surface area (Å²) in [6.45, 7) is 2.03. The molecule has 0 atom stereocenters. The van der Waals surface area contributed by atoms with Gasteiger partial charge in [-0.25, -0.2) is 0 Å². The highest BCUT2D eigenvalue weighted by molar-refractivity contribution is 6.05. The topological polar surface area (TPSA) is 152 Å². The molecule has 1 N–H and O–H groups in total. The quantitative estimate of drug-likeness (QED) is 0.421. The molecule has 3 rings (SSSR count). The van der Waals surface area contributed by atoms with Gasteiger partial charge in [-0.15, -0.1) is 0 Å². The summed E-state index contributed by atoms with van der Waals surface area (Å²) in [5, 5.41) is 28.8. The summed E-state index contributed by atoms with van der Waals surface area (Å²) < 4.78 is 12.0. The van der Waals surface area contributed by atoms with Crippen LogP contribution in [-0.4, -0.2) is 32.6 Å². The van der Waals surface area contributed by atoms with Gasteiger partial charge in [0.25, 0.3) is 11.6 Å². The van der Waals surface area contributed by atoms with Gasteiger partial charge in [0.1, 0.15) is 23.4 Å². The van der Waals surface area contributed by atoms with E-state index in [4.69, 9.17) is 9.47 Å². The molecule has 3 aromatic rings. The first kappa shape index (κ1) is 21.2. The first-order chi connectivity index (χ1) is 14.8. The second kappa shape index (κ2) is 8.90. The minimum absolute atomic E-state index is 0.0167. The molecular weight excluding hydrogens is 410 g/mol. The van der Waals surface area contributed by atoms with Crippen molar-refractivity contribution in [3.05, 3.63) is 74.6 Å². The molecule has 0 saturated heterocycles. The number of nitro benzene ring substituents is 1. The van der Waals surface area contributed by atoms with E-state index in [-0.39, 0.29) is 17.1 Å². The molecule has 0 bridgehead atoms. The largest absolute Gasteiger partial charge is 0.497 e. The Kier molecular flexibility index (Phi) is 6.10. The zero-order valence-corrected chi connectivity index (χ0v) is 16.5. The SMILES string of the molecule is CCn1cc([N+](=O)[O-])c(C(=O)Nc2cc(Oc3ccc(OC)cc3)cc([N+](=O)[O-])c2)n1. The van der Waals surface area contributed by atoms with Crippen molar-refractivity contribution < 1.29 is 24.1 Å². The molecule has 1 amide bonds. The highest BCUT2D eigenvalue weighted by Gasteiger charge is 2.26. The Labute approximate surface area is 175 Å². The average Bonchev–Trinajstić information content (AvgIpc) is 3.19. The predicted octanol–water partition coefficient (Wildman–Crippen LogP) is 3.77. The maximum Gasteiger partial charge on any atom is 0.320 e. The third-order valence-corrected chi connectivity index (χ3v) is 4.13. The predicted molar refractivity (Wildman–Crippen MR) is 109 cm³/mol. The number of hydrogen-bond acceptors (Lipinski definition) is 8. The molecule has 0 fully saturated rings. The Hall–Kier alpha value is -4.48. The lowest BCUT2D eigenvalue weighted by Crippen LogP contribution is -2.15. The van der Waals surface area contributed by atoms with E-state index in [1.54, 1.807) is 31.2 Å². The minimum Gasteiger partial charge on any atom is -0.497 e. The van der Waals surface area contributed by atoms with Gasteiger partial charge in [-0.1, -0.05) is 0 Å². The lowest BCUT2D eigenvalue weighted by atomic mass is 10.2. The third kappa shape index (κ3) is 4.93. The number of non-ortho nitro benzene ring substituents is 1. The molecule has 31 heavy (non-hydrogen) atoms. The normalized spacial score (nSPS) is 10.4. The van der Waals surface area contributed by atoms with Crippen LogP contribution in [0.15, 0.2) is 48.7 Å². The molecule has 1 heterocycles. The molecule has 0 saturated carbocycles. The van der Waals surface area contributed by atoms with Gasteiger partial charge in [0.2, 0.25) is 5.69 Å². The maximum atomic E-state index is 12.6. The molecule has 1 aromatic heterocycles. The molecular formula is C19H17N5O7. The number of carbonyl (C=O) groups excluding carboxylic acids is 1. The number of aryl methyl sites for hydroxylation is 1. The maximum absolute atomic E-state index is 12.6. The van der Waals surface area contributed by atoms with E-state index in [1.165, 1.54) is 23.9 Å². The lowest BCUT2D eigenvalue weighted by molar-refractivity contribution is -0.385. The molecule has 0 aliphatic carbocycles. The number of nitrogens with zero attached hydrogens (tertiary/aromatic N) is 4. The number of benzene rings is 2. The average molecular weight is 427 g/mol. The van der Waals surface area contributed by atoms with Crippen LogP contribution in [-0.2, 0) is 6.54 Å². The summed E-state index contributed by atoms with van der Waals surface area (Å²) in [7, 11) is 1.51. The van der Waals surface area contributed by atoms with Crippen LogP contribution < -0.4 is 14.8 Å². The molecule has 12 nitrogen and oxygen atoms in total. The number of rotatable bonds is 8. The highest BCUT2D eigenvalue weighted by Crippen LogP contribution is 2.31. The zero-order valence-electron chi connectivity index (χ0n) is 16.5. The van der Waals surface area contributed by atoms with E-state index in [0.29, 0.717) is 18.0 Å². The Morgan fingerprint density at radius 2 is 1.74 bits per heavy atom. The van der Waals surface area contributed by atoms with Gasteiger partial charge in [0.15, 0.2) is 0 Å². The summed E-state index contributed by atoms with van der Waals surface area (Å²) in [4.78, 5) is 33.7. The van der Waals surface area contributed by atoms with Crippen LogP contribution in [0.1, 0.15) is 17.4 Å². The molecule has 2 aromatic carbocycles. The molecule has 0 aliphatic heterocycles. The fourth-order valence-corrected chi connectivity index (χ4v) is 2.66. The fourth-order valence-electron chi connectivity index (χ4n) is 2.66. The molecule has 0 aliphatic rings. The molecule has 0 unspecified atom stereocenters. The van der Waals surface area contributed by atoms with Crippen molar-refractivity contribution in [2.45, 2.75) is 13.5 Å². The fraction of sp³-hybridized carbons (Fsp3) is 0.158. The number of carbonyl (C=O) groups is 1. The van der Waals surface area contributed by atoms with Gasteiger partial charge < -0.3 is 14.8 Å². The number of anilines is 1. The van der Waals surface area contributed by atoms with Crippen LogP contribution in [0.4, 0.5) is 17.1 Å². The number of methoxy groups -OCH3 is 1. The smallest absolute Gasteiger partial charge is 0.320 e. The second-order valence-electron chi connectivity index (χ2n) is 6.18. The minimum atomic E-state index is -0.880. The van der Waals surface area contributed by atoms with Crippen molar-refractivity contribution in [3.63, 3.8) is 0 Å².